The van der Waals surface area contributed by atoms with Crippen molar-refractivity contribution in [3.05, 3.63) is 28.8 Å². The minimum Gasteiger partial charge on any atom is -0.488 e. The van der Waals surface area contributed by atoms with Crippen molar-refractivity contribution in [3.63, 3.8) is 0 Å². The summed E-state index contributed by atoms with van der Waals surface area (Å²) < 4.78 is 11.2. The smallest absolute Gasteiger partial charge is 0.124 e. The molecule has 1 fully saturated rings. The SMILES string of the molecule is Cc1cc(O[C@@H]2CCOC2)cc(C)c1C. The fourth-order valence-corrected chi connectivity index (χ4v) is 1.86. The predicted octanol–water partition coefficient (Wildman–Crippen LogP) is 2.78. The van der Waals surface area contributed by atoms with Crippen LogP contribution in [0.15, 0.2) is 12.1 Å². The van der Waals surface area contributed by atoms with Gasteiger partial charge >= 0.3 is 0 Å². The lowest BCUT2D eigenvalue weighted by Crippen LogP contribution is -2.15. The van der Waals surface area contributed by atoms with Gasteiger partial charge in [-0.3, -0.25) is 0 Å². The van der Waals surface area contributed by atoms with E-state index >= 15 is 0 Å². The Kier molecular flexibility index (Phi) is 2.96. The van der Waals surface area contributed by atoms with Crippen LogP contribution in [0.3, 0.4) is 0 Å². The average molecular weight is 206 g/mol. The third-order valence-corrected chi connectivity index (χ3v) is 3.09. The van der Waals surface area contributed by atoms with E-state index < -0.39 is 0 Å². The van der Waals surface area contributed by atoms with Crippen LogP contribution in [0.5, 0.6) is 5.75 Å². The van der Waals surface area contributed by atoms with Crippen LogP contribution in [0, 0.1) is 20.8 Å². The van der Waals surface area contributed by atoms with Gasteiger partial charge in [-0.25, -0.2) is 0 Å². The van der Waals surface area contributed by atoms with Crippen molar-refractivity contribution in [1.29, 1.82) is 0 Å². The molecule has 1 aromatic carbocycles. The molecule has 1 saturated heterocycles. The molecule has 82 valence electrons. The van der Waals surface area contributed by atoms with Crippen LogP contribution in [0.4, 0.5) is 0 Å². The molecule has 1 aliphatic rings. The van der Waals surface area contributed by atoms with Crippen LogP contribution in [0.25, 0.3) is 0 Å². The number of rotatable bonds is 2. The first-order chi connectivity index (χ1) is 7.16. The fraction of sp³-hybridized carbons (Fsp3) is 0.538. The topological polar surface area (TPSA) is 18.5 Å². The van der Waals surface area contributed by atoms with Gasteiger partial charge in [-0.1, -0.05) is 0 Å². The maximum absolute atomic E-state index is 5.87. The highest BCUT2D eigenvalue weighted by molar-refractivity contribution is 5.40. The Hall–Kier alpha value is -1.02. The second-order valence-electron chi connectivity index (χ2n) is 4.29. The number of aryl methyl sites for hydroxylation is 2. The standard InChI is InChI=1S/C13H18O2/c1-9-6-13(7-10(2)11(9)3)15-12-4-5-14-8-12/h6-7,12H,4-5,8H2,1-3H3/t12-/m1/s1. The Bertz CT molecular complexity index is 329. The first-order valence-electron chi connectivity index (χ1n) is 5.49. The summed E-state index contributed by atoms with van der Waals surface area (Å²) in [5, 5.41) is 0. The van der Waals surface area contributed by atoms with E-state index in [9.17, 15) is 0 Å². The maximum Gasteiger partial charge on any atom is 0.124 e. The van der Waals surface area contributed by atoms with E-state index in [1.807, 2.05) is 0 Å². The quantitative estimate of drug-likeness (QED) is 0.740. The summed E-state index contributed by atoms with van der Waals surface area (Å²) in [4.78, 5) is 0. The highest BCUT2D eigenvalue weighted by Gasteiger charge is 2.17. The Morgan fingerprint density at radius 1 is 1.20 bits per heavy atom. The van der Waals surface area contributed by atoms with Crippen molar-refractivity contribution >= 4 is 0 Å². The minimum absolute atomic E-state index is 0.242. The van der Waals surface area contributed by atoms with Gasteiger partial charge in [0, 0.05) is 6.42 Å². The zero-order chi connectivity index (χ0) is 10.8. The summed E-state index contributed by atoms with van der Waals surface area (Å²) in [5.74, 6) is 0.978. The van der Waals surface area contributed by atoms with Gasteiger partial charge in [-0.15, -0.1) is 0 Å². The van der Waals surface area contributed by atoms with Gasteiger partial charge in [0.25, 0.3) is 0 Å². The minimum atomic E-state index is 0.242. The molecular weight excluding hydrogens is 188 g/mol. The molecule has 1 aromatic rings. The van der Waals surface area contributed by atoms with Crippen molar-refractivity contribution in [2.75, 3.05) is 13.2 Å². The zero-order valence-electron chi connectivity index (χ0n) is 9.67. The van der Waals surface area contributed by atoms with Gasteiger partial charge in [0.1, 0.15) is 11.9 Å². The lowest BCUT2D eigenvalue weighted by molar-refractivity contribution is 0.141. The largest absolute Gasteiger partial charge is 0.488 e. The van der Waals surface area contributed by atoms with Crippen molar-refractivity contribution in [2.24, 2.45) is 0 Å². The molecule has 1 heterocycles. The van der Waals surface area contributed by atoms with Gasteiger partial charge in [0.15, 0.2) is 0 Å². The predicted molar refractivity (Wildman–Crippen MR) is 60.5 cm³/mol. The Morgan fingerprint density at radius 2 is 1.87 bits per heavy atom. The van der Waals surface area contributed by atoms with E-state index in [1.165, 1.54) is 16.7 Å². The third-order valence-electron chi connectivity index (χ3n) is 3.09. The lowest BCUT2D eigenvalue weighted by atomic mass is 10.0. The summed E-state index contributed by atoms with van der Waals surface area (Å²) in [6.07, 6.45) is 1.25. The van der Waals surface area contributed by atoms with Crippen LogP contribution in [-0.4, -0.2) is 19.3 Å². The summed E-state index contributed by atoms with van der Waals surface area (Å²) in [7, 11) is 0. The number of hydrogen-bond acceptors (Lipinski definition) is 2. The molecule has 0 aromatic heterocycles. The monoisotopic (exact) mass is 206 g/mol. The van der Waals surface area contributed by atoms with Gasteiger partial charge in [-0.2, -0.15) is 0 Å². The van der Waals surface area contributed by atoms with Crippen LogP contribution in [0.2, 0.25) is 0 Å². The normalized spacial score (nSPS) is 20.6. The molecule has 0 N–H and O–H groups in total. The molecule has 0 bridgehead atoms. The number of ether oxygens (including phenoxy) is 2. The van der Waals surface area contributed by atoms with Gasteiger partial charge < -0.3 is 9.47 Å². The molecule has 0 saturated carbocycles. The van der Waals surface area contributed by atoms with Crippen molar-refractivity contribution in [3.8, 4) is 5.75 Å². The van der Waals surface area contributed by atoms with E-state index in [1.54, 1.807) is 0 Å². The molecule has 1 aliphatic heterocycles. The molecule has 1 atom stereocenters. The van der Waals surface area contributed by atoms with E-state index in [-0.39, 0.29) is 6.10 Å². The van der Waals surface area contributed by atoms with Crippen LogP contribution in [-0.2, 0) is 4.74 Å². The van der Waals surface area contributed by atoms with Gasteiger partial charge in [0.2, 0.25) is 0 Å². The summed E-state index contributed by atoms with van der Waals surface area (Å²) in [6.45, 7) is 7.95. The number of benzene rings is 1. The molecule has 15 heavy (non-hydrogen) atoms. The zero-order valence-corrected chi connectivity index (χ0v) is 9.67. The van der Waals surface area contributed by atoms with Crippen LogP contribution < -0.4 is 4.74 Å². The third kappa shape index (κ3) is 2.32. The fourth-order valence-electron chi connectivity index (χ4n) is 1.86. The Balaban J connectivity index is 2.14. The molecule has 0 aliphatic carbocycles. The van der Waals surface area contributed by atoms with Gasteiger partial charge in [-0.05, 0) is 49.6 Å². The van der Waals surface area contributed by atoms with Crippen LogP contribution in [0.1, 0.15) is 23.1 Å². The molecular formula is C13H18O2. The first-order valence-corrected chi connectivity index (χ1v) is 5.49. The Labute approximate surface area is 91.2 Å². The maximum atomic E-state index is 5.87. The highest BCUT2D eigenvalue weighted by Crippen LogP contribution is 2.23. The Morgan fingerprint density at radius 3 is 2.40 bits per heavy atom. The van der Waals surface area contributed by atoms with Crippen molar-refractivity contribution in [2.45, 2.75) is 33.3 Å². The summed E-state index contributed by atoms with van der Waals surface area (Å²) >= 11 is 0. The molecule has 0 spiro atoms. The summed E-state index contributed by atoms with van der Waals surface area (Å²) in [6, 6.07) is 4.22. The van der Waals surface area contributed by atoms with Crippen molar-refractivity contribution < 1.29 is 9.47 Å². The highest BCUT2D eigenvalue weighted by atomic mass is 16.5. The molecule has 2 nitrogen and oxygen atoms in total. The van der Waals surface area contributed by atoms with E-state index in [2.05, 4.69) is 32.9 Å². The summed E-state index contributed by atoms with van der Waals surface area (Å²) in [5.41, 5.74) is 3.94. The molecule has 2 heteroatoms. The second-order valence-corrected chi connectivity index (χ2v) is 4.29. The molecule has 0 unspecified atom stereocenters. The van der Waals surface area contributed by atoms with E-state index in [0.29, 0.717) is 0 Å². The van der Waals surface area contributed by atoms with Crippen molar-refractivity contribution in [1.82, 2.24) is 0 Å². The van der Waals surface area contributed by atoms with E-state index in [4.69, 9.17) is 9.47 Å². The average Bonchev–Trinajstić information content (AvgIpc) is 2.66. The first kappa shape index (κ1) is 10.5. The number of hydrogen-bond donors (Lipinski definition) is 0. The van der Waals surface area contributed by atoms with E-state index in [0.717, 1.165) is 25.4 Å². The molecule has 2 rings (SSSR count). The molecule has 0 amide bonds. The van der Waals surface area contributed by atoms with Crippen LogP contribution >= 0.6 is 0 Å². The van der Waals surface area contributed by atoms with Gasteiger partial charge in [0.05, 0.1) is 13.2 Å². The second kappa shape index (κ2) is 4.23. The lowest BCUT2D eigenvalue weighted by Gasteiger charge is -2.14. The molecule has 0 radical (unpaired) electrons.